The summed E-state index contributed by atoms with van der Waals surface area (Å²) >= 11 is 0. The van der Waals surface area contributed by atoms with Gasteiger partial charge in [0.15, 0.2) is 0 Å². The molecule has 0 saturated heterocycles. The number of rotatable bonds is 10. The number of ether oxygens (including phenoxy) is 3. The first-order valence-corrected chi connectivity index (χ1v) is 7.02. The predicted octanol–water partition coefficient (Wildman–Crippen LogP) is 1.06. The fraction of sp³-hybridized carbons (Fsp3) is 0.438. The Hall–Kier alpha value is -1.93. The molecule has 7 nitrogen and oxygen atoms in total. The number of carboxylic acids is 1. The van der Waals surface area contributed by atoms with Gasteiger partial charge in [0.1, 0.15) is 12.4 Å². The van der Waals surface area contributed by atoms with Gasteiger partial charge in [0, 0.05) is 5.57 Å². The summed E-state index contributed by atoms with van der Waals surface area (Å²) in [5.41, 5.74) is 0.176. The summed E-state index contributed by atoms with van der Waals surface area (Å²) in [6, 6.07) is 9.13. The third-order valence-corrected chi connectivity index (χ3v) is 2.29. The van der Waals surface area contributed by atoms with Crippen molar-refractivity contribution in [2.75, 3.05) is 33.0 Å². The van der Waals surface area contributed by atoms with Crippen molar-refractivity contribution in [2.45, 2.75) is 13.2 Å². The molecule has 23 heavy (non-hydrogen) atoms. The van der Waals surface area contributed by atoms with Crippen LogP contribution in [0.2, 0.25) is 0 Å². The molecule has 0 bridgehead atoms. The Balaban J connectivity index is 0.000000688. The van der Waals surface area contributed by atoms with E-state index in [4.69, 9.17) is 29.5 Å². The van der Waals surface area contributed by atoms with Crippen LogP contribution in [0.3, 0.4) is 0 Å². The lowest BCUT2D eigenvalue weighted by Gasteiger charge is -2.17. The largest absolute Gasteiger partial charge is 0.478 e. The molecule has 0 aliphatic heterocycles. The third-order valence-electron chi connectivity index (χ3n) is 2.29. The van der Waals surface area contributed by atoms with Crippen molar-refractivity contribution in [3.05, 3.63) is 42.5 Å². The summed E-state index contributed by atoms with van der Waals surface area (Å²) in [6.07, 6.45) is -0.699. The lowest BCUT2D eigenvalue weighted by Crippen LogP contribution is -2.26. The lowest BCUT2D eigenvalue weighted by atomic mass is 10.3. The molecule has 0 aliphatic carbocycles. The third kappa shape index (κ3) is 12.3. The van der Waals surface area contributed by atoms with Crippen molar-refractivity contribution in [1.82, 2.24) is 0 Å². The molecule has 1 atom stereocenters. The van der Waals surface area contributed by atoms with Crippen molar-refractivity contribution in [3.8, 4) is 5.75 Å². The number of hydrogen-bond donors (Lipinski definition) is 3. The summed E-state index contributed by atoms with van der Waals surface area (Å²) in [5.74, 6) is -0.294. The summed E-state index contributed by atoms with van der Waals surface area (Å²) < 4.78 is 15.7. The van der Waals surface area contributed by atoms with E-state index < -0.39 is 12.3 Å². The second kappa shape index (κ2) is 13.7. The summed E-state index contributed by atoms with van der Waals surface area (Å²) in [7, 11) is 0. The van der Waals surface area contributed by atoms with E-state index in [1.165, 1.54) is 6.92 Å². The normalized spacial score (nSPS) is 11.1. The monoisotopic (exact) mass is 328 g/mol. The number of aliphatic hydroxyl groups is 2. The highest BCUT2D eigenvalue weighted by Gasteiger charge is 2.08. The van der Waals surface area contributed by atoms with Gasteiger partial charge < -0.3 is 29.5 Å². The molecule has 0 saturated carbocycles. The van der Waals surface area contributed by atoms with Crippen molar-refractivity contribution in [3.63, 3.8) is 0 Å². The van der Waals surface area contributed by atoms with Crippen LogP contribution in [0.15, 0.2) is 42.5 Å². The first-order valence-electron chi connectivity index (χ1n) is 7.02. The molecule has 0 heterocycles. The molecule has 1 aromatic carbocycles. The SMILES string of the molecule is C=C(C)C(=O)O.OCCOCCOC(CO)Oc1ccccc1. The van der Waals surface area contributed by atoms with Crippen molar-refractivity contribution >= 4 is 5.97 Å². The van der Waals surface area contributed by atoms with Crippen LogP contribution in [-0.2, 0) is 14.3 Å². The standard InChI is InChI=1S/C12H18O5.C4H6O2/c13-6-7-15-8-9-16-12(10-14)17-11-4-2-1-3-5-11;1-3(2)4(5)6/h1-5,12-14H,6-10H2;1H2,2H3,(H,5,6). The zero-order chi connectivity index (χ0) is 17.5. The number of aliphatic hydroxyl groups excluding tert-OH is 2. The van der Waals surface area contributed by atoms with E-state index in [2.05, 4.69) is 6.58 Å². The van der Waals surface area contributed by atoms with Crippen LogP contribution in [0.1, 0.15) is 6.92 Å². The zero-order valence-electron chi connectivity index (χ0n) is 13.2. The van der Waals surface area contributed by atoms with E-state index in [-0.39, 0.29) is 25.4 Å². The summed E-state index contributed by atoms with van der Waals surface area (Å²) in [5, 5.41) is 25.4. The lowest BCUT2D eigenvalue weighted by molar-refractivity contribution is -0.132. The van der Waals surface area contributed by atoms with E-state index >= 15 is 0 Å². The maximum Gasteiger partial charge on any atom is 0.330 e. The number of benzene rings is 1. The van der Waals surface area contributed by atoms with Gasteiger partial charge in [-0.15, -0.1) is 0 Å². The fourth-order valence-electron chi connectivity index (χ4n) is 1.18. The summed E-state index contributed by atoms with van der Waals surface area (Å²) in [4.78, 5) is 9.60. The maximum atomic E-state index is 9.60. The van der Waals surface area contributed by atoms with Crippen LogP contribution < -0.4 is 4.74 Å². The van der Waals surface area contributed by atoms with Gasteiger partial charge in [0.2, 0.25) is 6.29 Å². The first kappa shape index (κ1) is 21.1. The number of hydrogen-bond acceptors (Lipinski definition) is 6. The molecule has 1 unspecified atom stereocenters. The molecular formula is C16H24O7. The minimum absolute atomic E-state index is 0.00998. The number of para-hydroxylation sites is 1. The predicted molar refractivity (Wildman–Crippen MR) is 84.3 cm³/mol. The van der Waals surface area contributed by atoms with Crippen LogP contribution >= 0.6 is 0 Å². The highest BCUT2D eigenvalue weighted by Crippen LogP contribution is 2.11. The molecule has 1 aromatic rings. The molecule has 0 radical (unpaired) electrons. The minimum Gasteiger partial charge on any atom is -0.478 e. The highest BCUT2D eigenvalue weighted by atomic mass is 16.7. The second-order valence-corrected chi connectivity index (χ2v) is 4.34. The highest BCUT2D eigenvalue weighted by molar-refractivity contribution is 5.84. The quantitative estimate of drug-likeness (QED) is 0.335. The smallest absolute Gasteiger partial charge is 0.330 e. The van der Waals surface area contributed by atoms with Gasteiger partial charge in [-0.3, -0.25) is 0 Å². The van der Waals surface area contributed by atoms with Crippen molar-refractivity contribution < 1.29 is 34.3 Å². The van der Waals surface area contributed by atoms with E-state index in [9.17, 15) is 4.79 Å². The minimum atomic E-state index is -0.935. The van der Waals surface area contributed by atoms with E-state index in [1.54, 1.807) is 12.1 Å². The molecule has 0 aliphatic rings. The number of aliphatic carboxylic acids is 1. The number of carboxylic acid groups (broad SMARTS) is 1. The fourth-order valence-corrected chi connectivity index (χ4v) is 1.18. The van der Waals surface area contributed by atoms with Crippen LogP contribution in [-0.4, -0.2) is 60.6 Å². The topological polar surface area (TPSA) is 105 Å². The molecule has 130 valence electrons. The average molecular weight is 328 g/mol. The Morgan fingerprint density at radius 2 is 1.78 bits per heavy atom. The molecule has 1 rings (SSSR count). The van der Waals surface area contributed by atoms with Gasteiger partial charge >= 0.3 is 5.97 Å². The molecule has 7 heteroatoms. The maximum absolute atomic E-state index is 9.60. The Labute approximate surface area is 135 Å². The van der Waals surface area contributed by atoms with Crippen LogP contribution in [0, 0.1) is 0 Å². The molecule has 0 amide bonds. The molecular weight excluding hydrogens is 304 g/mol. The second-order valence-electron chi connectivity index (χ2n) is 4.34. The van der Waals surface area contributed by atoms with Gasteiger partial charge in [-0.1, -0.05) is 24.8 Å². The average Bonchev–Trinajstić information content (AvgIpc) is 2.55. The Morgan fingerprint density at radius 1 is 1.17 bits per heavy atom. The molecule has 0 aromatic heterocycles. The summed E-state index contributed by atoms with van der Waals surface area (Å²) in [6.45, 7) is 5.31. The van der Waals surface area contributed by atoms with E-state index in [1.807, 2.05) is 18.2 Å². The van der Waals surface area contributed by atoms with Gasteiger partial charge in [0.25, 0.3) is 0 Å². The van der Waals surface area contributed by atoms with Gasteiger partial charge in [-0.2, -0.15) is 0 Å². The molecule has 0 spiro atoms. The number of carbonyl (C=O) groups is 1. The Kier molecular flexibility index (Phi) is 12.6. The van der Waals surface area contributed by atoms with Crippen LogP contribution in [0.5, 0.6) is 5.75 Å². The van der Waals surface area contributed by atoms with Crippen LogP contribution in [0.25, 0.3) is 0 Å². The Bertz CT molecular complexity index is 421. The van der Waals surface area contributed by atoms with Gasteiger partial charge in [-0.25, -0.2) is 4.79 Å². The van der Waals surface area contributed by atoms with E-state index in [0.29, 0.717) is 19.0 Å². The zero-order valence-corrected chi connectivity index (χ0v) is 13.2. The molecule has 0 fully saturated rings. The van der Waals surface area contributed by atoms with Crippen molar-refractivity contribution in [1.29, 1.82) is 0 Å². The Morgan fingerprint density at radius 3 is 2.26 bits per heavy atom. The van der Waals surface area contributed by atoms with Crippen LogP contribution in [0.4, 0.5) is 0 Å². The van der Waals surface area contributed by atoms with E-state index in [0.717, 1.165) is 0 Å². The van der Waals surface area contributed by atoms with Gasteiger partial charge in [-0.05, 0) is 19.1 Å². The van der Waals surface area contributed by atoms with Gasteiger partial charge in [0.05, 0.1) is 26.4 Å². The van der Waals surface area contributed by atoms with Crippen molar-refractivity contribution in [2.24, 2.45) is 0 Å². The molecule has 3 N–H and O–H groups in total. The first-order chi connectivity index (χ1) is 11.0.